The molecule has 0 radical (unpaired) electrons. The second kappa shape index (κ2) is 13.2. The largest absolute Gasteiger partial charge is 0.453 e. The number of alkyl carbamates (subject to hydrolysis) is 1. The van der Waals surface area contributed by atoms with Crippen LogP contribution in [-0.4, -0.2) is 47.3 Å². The van der Waals surface area contributed by atoms with Gasteiger partial charge in [-0.3, -0.25) is 4.79 Å². The molecule has 2 fully saturated rings. The van der Waals surface area contributed by atoms with Crippen molar-refractivity contribution in [3.05, 3.63) is 76.8 Å². The third kappa shape index (κ3) is 5.71. The van der Waals surface area contributed by atoms with Crippen molar-refractivity contribution in [1.82, 2.24) is 25.8 Å². The van der Waals surface area contributed by atoms with Crippen molar-refractivity contribution >= 4 is 40.1 Å². The van der Waals surface area contributed by atoms with Crippen LogP contribution in [0.1, 0.15) is 99.6 Å². The lowest BCUT2D eigenvalue weighted by Crippen LogP contribution is -2.43. The van der Waals surface area contributed by atoms with Gasteiger partial charge >= 0.3 is 6.09 Å². The molecule has 3 aliphatic rings. The van der Waals surface area contributed by atoms with Crippen LogP contribution in [0.3, 0.4) is 0 Å². The molecule has 2 amide bonds. The van der Waals surface area contributed by atoms with E-state index in [4.69, 9.17) is 14.2 Å². The molecule has 0 aliphatic heterocycles. The molecular weight excluding hydrogens is 602 g/mol. The number of nitrogens with zero attached hydrogens (tertiary/aromatic N) is 2. The van der Waals surface area contributed by atoms with Crippen LogP contribution in [0.4, 0.5) is 4.79 Å². The number of aromatic nitrogens is 3. The number of methoxy groups -OCH3 is 1. The van der Waals surface area contributed by atoms with Crippen LogP contribution in [0.15, 0.2) is 58.8 Å². The van der Waals surface area contributed by atoms with Crippen molar-refractivity contribution in [3.8, 4) is 0 Å². The third-order valence-corrected chi connectivity index (χ3v) is 11.5. The average molecular weight is 650 g/mol. The highest BCUT2D eigenvalue weighted by molar-refractivity contribution is 5.96. The van der Waals surface area contributed by atoms with Crippen LogP contribution in [0.5, 0.6) is 0 Å². The fourth-order valence-electron chi connectivity index (χ4n) is 9.24. The normalized spacial score (nSPS) is 21.3. The van der Waals surface area contributed by atoms with Crippen molar-refractivity contribution in [2.45, 2.75) is 90.0 Å². The number of H-pyrrole nitrogens is 1. The number of aromatic amines is 1. The molecule has 9 nitrogen and oxygen atoms in total. The Morgan fingerprint density at radius 1 is 1.19 bits per heavy atom. The molecular formula is C39H47N5O4. The van der Waals surface area contributed by atoms with Gasteiger partial charge in [-0.05, 0) is 97.1 Å². The van der Waals surface area contributed by atoms with Crippen LogP contribution in [0, 0.1) is 24.2 Å². The topological polar surface area (TPSA) is 122 Å². The van der Waals surface area contributed by atoms with Gasteiger partial charge in [0.25, 0.3) is 0 Å². The summed E-state index contributed by atoms with van der Waals surface area (Å²) in [5.74, 6) is 1.62. The Balaban J connectivity index is 1.26. The zero-order valence-corrected chi connectivity index (χ0v) is 28.5. The predicted octanol–water partition coefficient (Wildman–Crippen LogP) is 8.08. The summed E-state index contributed by atoms with van der Waals surface area (Å²) in [5, 5.41) is 11.1. The first-order valence-electron chi connectivity index (χ1n) is 17.6. The molecule has 0 saturated heterocycles. The lowest BCUT2D eigenvalue weighted by molar-refractivity contribution is -0.109. The fraction of sp³-hybridized carbons (Fsp3) is 0.487. The minimum Gasteiger partial charge on any atom is -0.453 e. The van der Waals surface area contributed by atoms with E-state index in [1.165, 1.54) is 55.9 Å². The molecule has 2 saturated carbocycles. The number of aryl methyl sites for hydroxylation is 1. The monoisotopic (exact) mass is 649 g/mol. The molecule has 4 atom stereocenters. The molecule has 252 valence electrons. The Labute approximate surface area is 282 Å². The first kappa shape index (κ1) is 32.2. The zero-order valence-electron chi connectivity index (χ0n) is 28.5. The maximum absolute atomic E-state index is 12.4. The van der Waals surface area contributed by atoms with Crippen LogP contribution >= 0.6 is 0 Å². The first-order valence-corrected chi connectivity index (χ1v) is 17.6. The Bertz CT molecular complexity index is 1880. The number of allylic oxidation sites excluding steroid dienone is 4. The van der Waals surface area contributed by atoms with Crippen molar-refractivity contribution in [2.24, 2.45) is 17.3 Å². The van der Waals surface area contributed by atoms with E-state index in [0.29, 0.717) is 17.9 Å². The number of hydrogen-bond donors (Lipinski definition) is 3. The van der Waals surface area contributed by atoms with Gasteiger partial charge in [0.1, 0.15) is 5.82 Å². The molecule has 1 spiro atoms. The predicted molar refractivity (Wildman–Crippen MR) is 187 cm³/mol. The molecule has 3 aliphatic carbocycles. The van der Waals surface area contributed by atoms with Gasteiger partial charge in [-0.25, -0.2) is 9.78 Å². The number of hydrogen-bond acceptors (Lipinski definition) is 6. The van der Waals surface area contributed by atoms with E-state index in [1.54, 1.807) is 5.57 Å². The molecule has 2 heterocycles. The van der Waals surface area contributed by atoms with E-state index in [1.807, 2.05) is 6.20 Å². The number of amides is 2. The molecule has 4 unspecified atom stereocenters. The van der Waals surface area contributed by atoms with Gasteiger partial charge in [-0.1, -0.05) is 67.8 Å². The number of fused-ring (bicyclic) bond motifs is 4. The Kier molecular flexibility index (Phi) is 8.88. The second-order valence-electron chi connectivity index (χ2n) is 14.5. The highest BCUT2D eigenvalue weighted by Gasteiger charge is 2.51. The molecule has 2 aromatic carbocycles. The van der Waals surface area contributed by atoms with Gasteiger partial charge in [-0.15, -0.1) is 0 Å². The number of carbonyl (C=O) groups is 2. The SMILES string of the molecule is COC(=O)NC(C(C)C)C(CCCNC=O)c1nc2ccc(C3C=CC(c4ccc(C)c5oncc45)=C4CCC5(CCCC5)C43)cc2[nH]1. The fourth-order valence-corrected chi connectivity index (χ4v) is 9.24. The number of nitrogens with one attached hydrogen (secondary N) is 3. The number of rotatable bonds is 11. The molecule has 48 heavy (non-hydrogen) atoms. The van der Waals surface area contributed by atoms with Gasteiger partial charge in [0.15, 0.2) is 5.58 Å². The number of ether oxygens (including phenoxy) is 1. The smallest absolute Gasteiger partial charge is 0.407 e. The standard InChI is InChI=1S/C39H47N5O4/c1-23(2)35(44-38(46)47-4)30(8-7-19-40-22-45)37-42-32-14-10-25(20-33(32)43-37)26-12-13-27(28-11-9-24(3)36-31(28)21-41-48-36)29-15-18-39(34(26)29)16-5-6-17-39/h9-14,20-23,26,30,34-35H,5-8,15-19H2,1-4H3,(H,40,45)(H,42,43)(H,44,46). The van der Waals surface area contributed by atoms with Crippen LogP contribution in [-0.2, 0) is 9.53 Å². The summed E-state index contributed by atoms with van der Waals surface area (Å²) < 4.78 is 10.6. The van der Waals surface area contributed by atoms with E-state index in [-0.39, 0.29) is 23.8 Å². The third-order valence-electron chi connectivity index (χ3n) is 11.5. The lowest BCUT2D eigenvalue weighted by Gasteiger charge is -2.39. The van der Waals surface area contributed by atoms with E-state index < -0.39 is 6.09 Å². The minimum absolute atomic E-state index is 0.0829. The van der Waals surface area contributed by atoms with Crippen molar-refractivity contribution in [2.75, 3.05) is 13.7 Å². The van der Waals surface area contributed by atoms with Crippen molar-refractivity contribution < 1.29 is 18.8 Å². The molecule has 0 bridgehead atoms. The molecule has 2 aromatic heterocycles. The highest BCUT2D eigenvalue weighted by atomic mass is 16.5. The number of carbonyl (C=O) groups excluding carboxylic acids is 2. The van der Waals surface area contributed by atoms with Gasteiger partial charge < -0.3 is 24.9 Å². The molecule has 4 aromatic rings. The van der Waals surface area contributed by atoms with E-state index >= 15 is 0 Å². The summed E-state index contributed by atoms with van der Waals surface area (Å²) in [4.78, 5) is 32.0. The zero-order chi connectivity index (χ0) is 33.4. The highest BCUT2D eigenvalue weighted by Crippen LogP contribution is 2.63. The van der Waals surface area contributed by atoms with Crippen molar-refractivity contribution in [3.63, 3.8) is 0 Å². The average Bonchev–Trinajstić information content (AvgIpc) is 3.91. The number of imidazole rings is 1. The summed E-state index contributed by atoms with van der Waals surface area (Å²) in [6.45, 7) is 6.83. The Hall–Kier alpha value is -4.40. The maximum Gasteiger partial charge on any atom is 0.407 e. The first-order chi connectivity index (χ1) is 23.3. The summed E-state index contributed by atoms with van der Waals surface area (Å²) >= 11 is 0. The Morgan fingerprint density at radius 3 is 2.79 bits per heavy atom. The number of benzene rings is 2. The summed E-state index contributed by atoms with van der Waals surface area (Å²) in [7, 11) is 1.39. The van der Waals surface area contributed by atoms with Crippen LogP contribution in [0.25, 0.3) is 27.6 Å². The van der Waals surface area contributed by atoms with E-state index in [0.717, 1.165) is 59.1 Å². The Morgan fingerprint density at radius 2 is 2.02 bits per heavy atom. The van der Waals surface area contributed by atoms with E-state index in [9.17, 15) is 9.59 Å². The lowest BCUT2D eigenvalue weighted by atomic mass is 9.64. The van der Waals surface area contributed by atoms with Gasteiger partial charge in [-0.2, -0.15) is 0 Å². The second-order valence-corrected chi connectivity index (χ2v) is 14.5. The quantitative estimate of drug-likeness (QED) is 0.112. The summed E-state index contributed by atoms with van der Waals surface area (Å²) in [6.07, 6.45) is 16.0. The maximum atomic E-state index is 12.4. The molecule has 3 N–H and O–H groups in total. The summed E-state index contributed by atoms with van der Waals surface area (Å²) in [6, 6.07) is 10.9. The van der Waals surface area contributed by atoms with Crippen molar-refractivity contribution in [1.29, 1.82) is 0 Å². The van der Waals surface area contributed by atoms with Crippen LogP contribution in [0.2, 0.25) is 0 Å². The molecule has 9 heteroatoms. The minimum atomic E-state index is -0.455. The van der Waals surface area contributed by atoms with Gasteiger partial charge in [0.05, 0.1) is 24.3 Å². The van der Waals surface area contributed by atoms with Gasteiger partial charge in [0, 0.05) is 29.8 Å². The summed E-state index contributed by atoms with van der Waals surface area (Å²) in [5.41, 5.74) is 9.70. The van der Waals surface area contributed by atoms with E-state index in [2.05, 4.69) is 84.0 Å². The van der Waals surface area contributed by atoms with Gasteiger partial charge in [0.2, 0.25) is 6.41 Å². The van der Waals surface area contributed by atoms with Crippen LogP contribution < -0.4 is 10.6 Å². The molecule has 7 rings (SSSR count).